The van der Waals surface area contributed by atoms with E-state index in [4.69, 9.17) is 10.00 Å². The first-order valence-electron chi connectivity index (χ1n) is 8.21. The van der Waals surface area contributed by atoms with Gasteiger partial charge >= 0.3 is 0 Å². The minimum absolute atomic E-state index is 0.0921. The molecule has 2 heterocycles. The molecule has 2 aromatic rings. The van der Waals surface area contributed by atoms with E-state index in [2.05, 4.69) is 10.3 Å². The number of rotatable bonds is 4. The summed E-state index contributed by atoms with van der Waals surface area (Å²) >= 11 is 0. The molecule has 0 spiro atoms. The zero-order chi connectivity index (χ0) is 17.8. The first kappa shape index (κ1) is 16.8. The predicted octanol–water partition coefficient (Wildman–Crippen LogP) is 2.88. The molecule has 6 heteroatoms. The number of hydrogen-bond donors (Lipinski definition) is 1. The summed E-state index contributed by atoms with van der Waals surface area (Å²) in [6.45, 7) is 2.71. The van der Waals surface area contributed by atoms with Gasteiger partial charge in [0.2, 0.25) is 5.91 Å². The molecule has 1 aliphatic heterocycles. The molecule has 1 aliphatic rings. The Morgan fingerprint density at radius 3 is 3.00 bits per heavy atom. The summed E-state index contributed by atoms with van der Waals surface area (Å²) in [4.78, 5) is 19.1. The molecule has 1 unspecified atom stereocenters. The molecule has 1 aromatic carbocycles. The normalized spacial score (nSPS) is 16.4. The highest BCUT2D eigenvalue weighted by atomic mass is 16.5. The quantitative estimate of drug-likeness (QED) is 0.929. The maximum atomic E-state index is 12.8. The molecule has 1 N–H and O–H groups in total. The molecule has 1 aromatic heterocycles. The van der Waals surface area contributed by atoms with Crippen molar-refractivity contribution in [3.05, 3.63) is 47.7 Å². The van der Waals surface area contributed by atoms with Crippen LogP contribution in [-0.4, -0.2) is 30.6 Å². The van der Waals surface area contributed by atoms with Crippen LogP contribution in [0, 0.1) is 18.3 Å². The van der Waals surface area contributed by atoms with Crippen molar-refractivity contribution in [1.29, 1.82) is 5.26 Å². The highest BCUT2D eigenvalue weighted by Gasteiger charge is 2.32. The van der Waals surface area contributed by atoms with E-state index in [0.717, 1.165) is 24.9 Å². The molecule has 0 aliphatic carbocycles. The number of hydrogen-bond acceptors (Lipinski definition) is 5. The second-order valence-electron chi connectivity index (χ2n) is 6.04. The van der Waals surface area contributed by atoms with Crippen molar-refractivity contribution in [3.8, 4) is 11.8 Å². The fourth-order valence-electron chi connectivity index (χ4n) is 3.09. The highest BCUT2D eigenvalue weighted by Crippen LogP contribution is 2.28. The lowest BCUT2D eigenvalue weighted by atomic mass is 10.1. The number of carbonyl (C=O) groups excluding carboxylic acids is 1. The van der Waals surface area contributed by atoms with Gasteiger partial charge < -0.3 is 15.0 Å². The smallest absolute Gasteiger partial charge is 0.247 e. The van der Waals surface area contributed by atoms with Crippen LogP contribution in [0.4, 0.5) is 11.5 Å². The maximum absolute atomic E-state index is 12.8. The average Bonchev–Trinajstić information content (AvgIpc) is 3.12. The Balaban J connectivity index is 1.82. The van der Waals surface area contributed by atoms with Gasteiger partial charge in [0, 0.05) is 6.54 Å². The molecular formula is C19H20N4O2. The minimum atomic E-state index is -0.313. The number of nitrogens with zero attached hydrogens (tertiary/aromatic N) is 3. The zero-order valence-electron chi connectivity index (χ0n) is 14.3. The number of nitrogens with one attached hydrogen (secondary N) is 1. The summed E-state index contributed by atoms with van der Waals surface area (Å²) in [5.74, 6) is 1.20. The minimum Gasteiger partial charge on any atom is -0.495 e. The van der Waals surface area contributed by atoms with Gasteiger partial charge in [0.1, 0.15) is 29.4 Å². The van der Waals surface area contributed by atoms with Gasteiger partial charge in [-0.2, -0.15) is 5.26 Å². The number of aromatic nitrogens is 1. The SMILES string of the molecule is COc1ccc(C)cc1NC(=O)C1CCCN1c1cccc(C#N)n1. The van der Waals surface area contributed by atoms with Crippen molar-refractivity contribution in [1.82, 2.24) is 4.98 Å². The monoisotopic (exact) mass is 336 g/mol. The second-order valence-corrected chi connectivity index (χ2v) is 6.04. The first-order valence-corrected chi connectivity index (χ1v) is 8.21. The number of carbonyl (C=O) groups is 1. The number of pyridine rings is 1. The molecule has 1 amide bonds. The van der Waals surface area contributed by atoms with Crippen LogP contribution in [0.2, 0.25) is 0 Å². The first-order chi connectivity index (χ1) is 12.1. The molecule has 25 heavy (non-hydrogen) atoms. The predicted molar refractivity (Wildman–Crippen MR) is 95.7 cm³/mol. The lowest BCUT2D eigenvalue weighted by molar-refractivity contribution is -0.117. The van der Waals surface area contributed by atoms with Crippen molar-refractivity contribution in [3.63, 3.8) is 0 Å². The number of aryl methyl sites for hydroxylation is 1. The molecule has 0 bridgehead atoms. The fourth-order valence-corrected chi connectivity index (χ4v) is 3.09. The van der Waals surface area contributed by atoms with Gasteiger partial charge in [0.15, 0.2) is 0 Å². The van der Waals surface area contributed by atoms with Crippen LogP contribution in [0.3, 0.4) is 0 Å². The van der Waals surface area contributed by atoms with Gasteiger partial charge in [-0.3, -0.25) is 4.79 Å². The van der Waals surface area contributed by atoms with Crippen LogP contribution >= 0.6 is 0 Å². The van der Waals surface area contributed by atoms with E-state index in [-0.39, 0.29) is 11.9 Å². The van der Waals surface area contributed by atoms with Crippen molar-refractivity contribution in [2.75, 3.05) is 23.9 Å². The number of benzene rings is 1. The summed E-state index contributed by atoms with van der Waals surface area (Å²) in [6.07, 6.45) is 1.65. The standard InChI is InChI=1S/C19H20N4O2/c1-13-8-9-17(25-2)15(11-13)22-19(24)16-6-4-10-23(16)18-7-3-5-14(12-20)21-18/h3,5,7-9,11,16H,4,6,10H2,1-2H3,(H,22,24). The molecule has 6 nitrogen and oxygen atoms in total. The van der Waals surface area contributed by atoms with E-state index in [1.54, 1.807) is 19.2 Å². The van der Waals surface area contributed by atoms with Gasteiger partial charge in [-0.1, -0.05) is 12.1 Å². The number of amides is 1. The maximum Gasteiger partial charge on any atom is 0.247 e. The summed E-state index contributed by atoms with van der Waals surface area (Å²) in [5.41, 5.74) is 2.06. The van der Waals surface area contributed by atoms with Crippen molar-refractivity contribution < 1.29 is 9.53 Å². The van der Waals surface area contributed by atoms with Crippen LogP contribution < -0.4 is 15.0 Å². The van der Waals surface area contributed by atoms with Gasteiger partial charge in [-0.25, -0.2) is 4.98 Å². The molecule has 0 radical (unpaired) electrons. The molecule has 1 atom stereocenters. The highest BCUT2D eigenvalue weighted by molar-refractivity contribution is 5.98. The average molecular weight is 336 g/mol. The largest absolute Gasteiger partial charge is 0.495 e. The summed E-state index contributed by atoms with van der Waals surface area (Å²) in [7, 11) is 1.58. The van der Waals surface area contributed by atoms with E-state index < -0.39 is 0 Å². The number of ether oxygens (including phenoxy) is 1. The lowest BCUT2D eigenvalue weighted by Crippen LogP contribution is -2.40. The van der Waals surface area contributed by atoms with Crippen molar-refractivity contribution >= 4 is 17.4 Å². The number of anilines is 2. The summed E-state index contributed by atoms with van der Waals surface area (Å²) < 4.78 is 5.33. The van der Waals surface area contributed by atoms with Crippen molar-refractivity contribution in [2.24, 2.45) is 0 Å². The third-order valence-corrected chi connectivity index (χ3v) is 4.31. The van der Waals surface area contributed by atoms with Crippen molar-refractivity contribution in [2.45, 2.75) is 25.8 Å². The Bertz CT molecular complexity index is 828. The molecule has 0 saturated carbocycles. The Morgan fingerprint density at radius 1 is 1.40 bits per heavy atom. The van der Waals surface area contributed by atoms with Gasteiger partial charge in [-0.05, 0) is 49.6 Å². The lowest BCUT2D eigenvalue weighted by Gasteiger charge is -2.25. The summed E-state index contributed by atoms with van der Waals surface area (Å²) in [6, 6.07) is 12.7. The van der Waals surface area contributed by atoms with Gasteiger partial charge in [0.05, 0.1) is 12.8 Å². The molecular weight excluding hydrogens is 316 g/mol. The third-order valence-electron chi connectivity index (χ3n) is 4.31. The fraction of sp³-hybridized carbons (Fsp3) is 0.316. The second kappa shape index (κ2) is 7.22. The van der Waals surface area contributed by atoms with Crippen LogP contribution in [0.5, 0.6) is 5.75 Å². The third kappa shape index (κ3) is 3.56. The Hall–Kier alpha value is -3.07. The van der Waals surface area contributed by atoms with Crippen LogP contribution in [-0.2, 0) is 4.79 Å². The van der Waals surface area contributed by atoms with Gasteiger partial charge in [-0.15, -0.1) is 0 Å². The van der Waals surface area contributed by atoms with E-state index in [9.17, 15) is 4.79 Å². The Kier molecular flexibility index (Phi) is 4.85. The number of methoxy groups -OCH3 is 1. The molecule has 1 saturated heterocycles. The van der Waals surface area contributed by atoms with E-state index in [1.807, 2.05) is 42.2 Å². The van der Waals surface area contributed by atoms with E-state index in [0.29, 0.717) is 22.9 Å². The van der Waals surface area contributed by atoms with Gasteiger partial charge in [0.25, 0.3) is 0 Å². The van der Waals surface area contributed by atoms with Crippen LogP contribution in [0.25, 0.3) is 0 Å². The number of nitriles is 1. The van der Waals surface area contributed by atoms with E-state index in [1.165, 1.54) is 0 Å². The molecule has 3 rings (SSSR count). The summed E-state index contributed by atoms with van der Waals surface area (Å²) in [5, 5.41) is 12.0. The Morgan fingerprint density at radius 2 is 2.24 bits per heavy atom. The van der Waals surface area contributed by atoms with Crippen LogP contribution in [0.1, 0.15) is 24.1 Å². The van der Waals surface area contributed by atoms with Crippen LogP contribution in [0.15, 0.2) is 36.4 Å². The molecule has 128 valence electrons. The topological polar surface area (TPSA) is 78.2 Å². The Labute approximate surface area is 147 Å². The molecule has 1 fully saturated rings. The van der Waals surface area contributed by atoms with E-state index >= 15 is 0 Å². The zero-order valence-corrected chi connectivity index (χ0v) is 14.3.